The van der Waals surface area contributed by atoms with Gasteiger partial charge in [0, 0.05) is 93.5 Å². The summed E-state index contributed by atoms with van der Waals surface area (Å²) in [5.74, 6) is 0. The zero-order valence-corrected chi connectivity index (χ0v) is 30.5. The summed E-state index contributed by atoms with van der Waals surface area (Å²) < 4.78 is 0. The number of anilines is 6. The molecule has 0 unspecified atom stereocenters. The van der Waals surface area contributed by atoms with Crippen LogP contribution >= 0.6 is 11.3 Å². The van der Waals surface area contributed by atoms with Crippen LogP contribution in [0.3, 0.4) is 0 Å². The third-order valence-corrected chi connectivity index (χ3v) is 10.7. The molecule has 0 bridgehead atoms. The SMILES string of the molecule is c1cc(-c2ccncc2)cc(N(c2ccncc2)c2ccc(-c3ccc(-c4ccc(N(c5ccncc5)c5cccc(-c6ccncc6)c5)cc4)s3)cc2)c1. The predicted molar refractivity (Wildman–Crippen MR) is 227 cm³/mol. The number of nitrogens with zero attached hydrogens (tertiary/aromatic N) is 6. The van der Waals surface area contributed by atoms with Crippen molar-refractivity contribution in [2.75, 3.05) is 9.80 Å². The third kappa shape index (κ3) is 7.25. The summed E-state index contributed by atoms with van der Waals surface area (Å²) in [6.45, 7) is 0. The molecule has 0 aliphatic heterocycles. The number of rotatable bonds is 10. The molecule has 5 aromatic heterocycles. The van der Waals surface area contributed by atoms with Crippen LogP contribution in [0.2, 0.25) is 0 Å². The van der Waals surface area contributed by atoms with E-state index in [1.807, 2.05) is 98.1 Å². The second-order valence-electron chi connectivity index (χ2n) is 12.9. The number of benzene rings is 4. The van der Waals surface area contributed by atoms with E-state index in [0.717, 1.165) is 56.4 Å². The lowest BCUT2D eigenvalue weighted by atomic mass is 10.1. The highest BCUT2D eigenvalue weighted by Gasteiger charge is 2.16. The van der Waals surface area contributed by atoms with E-state index in [4.69, 9.17) is 0 Å². The lowest BCUT2D eigenvalue weighted by Crippen LogP contribution is -2.10. The molecule has 0 radical (unpaired) electrons. The molecule has 55 heavy (non-hydrogen) atoms. The molecule has 0 spiro atoms. The highest BCUT2D eigenvalue weighted by Crippen LogP contribution is 2.41. The first kappa shape index (κ1) is 33.6. The minimum Gasteiger partial charge on any atom is -0.310 e. The molecule has 4 aromatic carbocycles. The van der Waals surface area contributed by atoms with Crippen molar-refractivity contribution in [1.29, 1.82) is 0 Å². The van der Waals surface area contributed by atoms with Gasteiger partial charge < -0.3 is 9.80 Å². The maximum Gasteiger partial charge on any atom is 0.0492 e. The van der Waals surface area contributed by atoms with Gasteiger partial charge in [-0.15, -0.1) is 11.3 Å². The van der Waals surface area contributed by atoms with E-state index >= 15 is 0 Å². The molecule has 0 amide bonds. The molecule has 7 heteroatoms. The van der Waals surface area contributed by atoms with E-state index in [9.17, 15) is 0 Å². The van der Waals surface area contributed by atoms with Crippen molar-refractivity contribution in [2.24, 2.45) is 0 Å². The summed E-state index contributed by atoms with van der Waals surface area (Å²) in [5.41, 5.74) is 13.2. The van der Waals surface area contributed by atoms with Crippen LogP contribution in [0.4, 0.5) is 34.1 Å². The number of aromatic nitrogens is 4. The normalized spacial score (nSPS) is 10.9. The van der Waals surface area contributed by atoms with E-state index in [2.05, 4.69) is 139 Å². The van der Waals surface area contributed by atoms with Gasteiger partial charge in [-0.2, -0.15) is 0 Å². The molecule has 9 rings (SSSR count). The summed E-state index contributed by atoms with van der Waals surface area (Å²) in [4.78, 5) is 23.9. The fraction of sp³-hybridized carbons (Fsp3) is 0. The Morgan fingerprint density at radius 2 is 0.618 bits per heavy atom. The lowest BCUT2D eigenvalue weighted by molar-refractivity contribution is 1.24. The van der Waals surface area contributed by atoms with Gasteiger partial charge in [0.05, 0.1) is 0 Å². The summed E-state index contributed by atoms with van der Waals surface area (Å²) in [6.07, 6.45) is 14.7. The van der Waals surface area contributed by atoms with Gasteiger partial charge in [-0.3, -0.25) is 19.9 Å². The third-order valence-electron chi connectivity index (χ3n) is 9.50. The molecule has 0 N–H and O–H groups in total. The van der Waals surface area contributed by atoms with Crippen molar-refractivity contribution in [1.82, 2.24) is 19.9 Å². The Morgan fingerprint density at radius 1 is 0.273 bits per heavy atom. The number of hydrogen-bond acceptors (Lipinski definition) is 7. The molecule has 0 fully saturated rings. The average molecular weight is 727 g/mol. The summed E-state index contributed by atoms with van der Waals surface area (Å²) in [5, 5.41) is 0. The van der Waals surface area contributed by atoms with E-state index in [1.54, 1.807) is 11.3 Å². The van der Waals surface area contributed by atoms with Crippen molar-refractivity contribution in [3.63, 3.8) is 0 Å². The maximum atomic E-state index is 4.28. The Balaban J connectivity index is 0.988. The molecule has 0 aliphatic carbocycles. The first-order chi connectivity index (χ1) is 27.3. The quantitative estimate of drug-likeness (QED) is 0.140. The van der Waals surface area contributed by atoms with Crippen molar-refractivity contribution >= 4 is 45.5 Å². The van der Waals surface area contributed by atoms with Gasteiger partial charge >= 0.3 is 0 Å². The topological polar surface area (TPSA) is 58.0 Å². The maximum absolute atomic E-state index is 4.28. The highest BCUT2D eigenvalue weighted by molar-refractivity contribution is 7.18. The zero-order valence-electron chi connectivity index (χ0n) is 29.7. The molecular formula is C48H34N6S. The standard InChI is InChI=1S/C48H34N6S/c1-3-39(35-17-25-49-26-18-35)33-45(5-1)53(43-21-29-51-30-22-43)41-11-7-37(8-12-41)47-15-16-48(55-47)38-9-13-42(14-10-38)54(44-23-31-52-32-24-44)46-6-2-4-40(34-46)36-19-27-50-28-20-36/h1-34H. The Labute approximate surface area is 324 Å². The van der Waals surface area contributed by atoms with Crippen molar-refractivity contribution in [2.45, 2.75) is 0 Å². The second-order valence-corrected chi connectivity index (χ2v) is 14.0. The summed E-state index contributed by atoms with van der Waals surface area (Å²) in [7, 11) is 0. The van der Waals surface area contributed by atoms with Gasteiger partial charge in [-0.05, 0) is 143 Å². The van der Waals surface area contributed by atoms with E-state index in [0.29, 0.717) is 0 Å². The Bertz CT molecular complexity index is 2450. The number of pyridine rings is 4. The van der Waals surface area contributed by atoms with Crippen LogP contribution in [0.15, 0.2) is 207 Å². The molecule has 0 atom stereocenters. The van der Waals surface area contributed by atoms with Gasteiger partial charge in [0.2, 0.25) is 0 Å². The molecule has 262 valence electrons. The van der Waals surface area contributed by atoms with Gasteiger partial charge in [0.25, 0.3) is 0 Å². The Morgan fingerprint density at radius 3 is 1.00 bits per heavy atom. The van der Waals surface area contributed by atoms with Crippen molar-refractivity contribution in [3.05, 3.63) is 207 Å². The second kappa shape index (κ2) is 15.4. The van der Waals surface area contributed by atoms with Gasteiger partial charge in [-0.1, -0.05) is 48.5 Å². The molecular weight excluding hydrogens is 693 g/mol. The van der Waals surface area contributed by atoms with Crippen LogP contribution in [0, 0.1) is 0 Å². The van der Waals surface area contributed by atoms with Crippen LogP contribution in [0.25, 0.3) is 43.1 Å². The van der Waals surface area contributed by atoms with Crippen LogP contribution < -0.4 is 9.80 Å². The first-order valence-electron chi connectivity index (χ1n) is 18.0. The molecule has 9 aromatic rings. The molecule has 0 saturated heterocycles. The Hall–Kier alpha value is -7.22. The van der Waals surface area contributed by atoms with Crippen molar-refractivity contribution in [3.8, 4) is 43.1 Å². The molecule has 0 saturated carbocycles. The van der Waals surface area contributed by atoms with Crippen LogP contribution in [0.1, 0.15) is 0 Å². The van der Waals surface area contributed by atoms with Crippen LogP contribution in [-0.2, 0) is 0 Å². The first-order valence-corrected chi connectivity index (χ1v) is 18.8. The fourth-order valence-electron chi connectivity index (χ4n) is 6.82. The molecule has 6 nitrogen and oxygen atoms in total. The smallest absolute Gasteiger partial charge is 0.0492 e. The van der Waals surface area contributed by atoms with E-state index in [-0.39, 0.29) is 0 Å². The summed E-state index contributed by atoms with van der Waals surface area (Å²) in [6, 6.07) is 55.6. The highest BCUT2D eigenvalue weighted by atomic mass is 32.1. The molecule has 0 aliphatic rings. The Kier molecular flexibility index (Phi) is 9.41. The fourth-order valence-corrected chi connectivity index (χ4v) is 7.83. The van der Waals surface area contributed by atoms with E-state index in [1.165, 1.54) is 20.9 Å². The molecule has 5 heterocycles. The average Bonchev–Trinajstić information content (AvgIpc) is 3.77. The number of hydrogen-bond donors (Lipinski definition) is 0. The van der Waals surface area contributed by atoms with E-state index < -0.39 is 0 Å². The largest absolute Gasteiger partial charge is 0.310 e. The zero-order chi connectivity index (χ0) is 36.8. The minimum atomic E-state index is 1.04. The van der Waals surface area contributed by atoms with Gasteiger partial charge in [0.1, 0.15) is 0 Å². The predicted octanol–water partition coefficient (Wildman–Crippen LogP) is 12.9. The van der Waals surface area contributed by atoms with Gasteiger partial charge in [0.15, 0.2) is 0 Å². The van der Waals surface area contributed by atoms with Crippen LogP contribution in [0.5, 0.6) is 0 Å². The lowest BCUT2D eigenvalue weighted by Gasteiger charge is -2.26. The van der Waals surface area contributed by atoms with Crippen LogP contribution in [-0.4, -0.2) is 19.9 Å². The summed E-state index contributed by atoms with van der Waals surface area (Å²) >= 11 is 1.80. The number of thiophene rings is 1. The minimum absolute atomic E-state index is 1.04. The monoisotopic (exact) mass is 726 g/mol. The van der Waals surface area contributed by atoms with Gasteiger partial charge in [-0.25, -0.2) is 0 Å². The van der Waals surface area contributed by atoms with Crippen molar-refractivity contribution < 1.29 is 0 Å².